The van der Waals surface area contributed by atoms with Gasteiger partial charge in [-0.3, -0.25) is 9.59 Å². The van der Waals surface area contributed by atoms with E-state index < -0.39 is 5.97 Å². The zero-order chi connectivity index (χ0) is 13.5. The highest BCUT2D eigenvalue weighted by Gasteiger charge is 2.09. The van der Waals surface area contributed by atoms with Crippen LogP contribution in [-0.4, -0.2) is 29.3 Å². The molecule has 0 saturated heterocycles. The molecule has 6 heteroatoms. The van der Waals surface area contributed by atoms with Crippen molar-refractivity contribution in [3.63, 3.8) is 0 Å². The van der Waals surface area contributed by atoms with Crippen LogP contribution < -0.4 is 10.1 Å². The summed E-state index contributed by atoms with van der Waals surface area (Å²) < 4.78 is 5.34. The monoisotopic (exact) mass is 269 g/mol. The van der Waals surface area contributed by atoms with Crippen molar-refractivity contribution in [3.05, 3.63) is 18.2 Å². The van der Waals surface area contributed by atoms with E-state index in [2.05, 4.69) is 5.32 Å². The molecule has 98 valence electrons. The third-order valence-electron chi connectivity index (χ3n) is 1.93. The van der Waals surface area contributed by atoms with Crippen LogP contribution in [0.1, 0.15) is 13.8 Å². The maximum absolute atomic E-state index is 11.0. The average molecular weight is 269 g/mol. The number of amides is 1. The third kappa shape index (κ3) is 4.67. The molecule has 0 radical (unpaired) electrons. The number of hydrogen-bond acceptors (Lipinski definition) is 4. The number of anilines is 1. The van der Waals surface area contributed by atoms with Crippen molar-refractivity contribution < 1.29 is 19.4 Å². The summed E-state index contributed by atoms with van der Waals surface area (Å²) in [6, 6.07) is 5.17. The highest BCUT2D eigenvalue weighted by Crippen LogP contribution is 2.31. The summed E-state index contributed by atoms with van der Waals surface area (Å²) >= 11 is 1.14. The van der Waals surface area contributed by atoms with Gasteiger partial charge in [-0.15, -0.1) is 11.8 Å². The second-order valence-corrected chi connectivity index (χ2v) is 4.47. The number of hydrogen-bond donors (Lipinski definition) is 2. The minimum absolute atomic E-state index is 0.0673. The molecule has 0 spiro atoms. The number of aliphatic carboxylic acids is 1. The lowest BCUT2D eigenvalue weighted by atomic mass is 10.3. The van der Waals surface area contributed by atoms with Gasteiger partial charge in [-0.05, 0) is 25.1 Å². The zero-order valence-corrected chi connectivity index (χ0v) is 11.0. The lowest BCUT2D eigenvalue weighted by Crippen LogP contribution is -2.07. The molecule has 0 bridgehead atoms. The first-order valence-electron chi connectivity index (χ1n) is 5.42. The number of carbonyl (C=O) groups excluding carboxylic acids is 1. The van der Waals surface area contributed by atoms with Crippen LogP contribution in [0.5, 0.6) is 5.75 Å². The second kappa shape index (κ2) is 6.90. The van der Waals surface area contributed by atoms with Gasteiger partial charge >= 0.3 is 5.97 Å². The Bertz CT molecular complexity index is 448. The van der Waals surface area contributed by atoms with Crippen molar-refractivity contribution in [3.8, 4) is 5.75 Å². The Morgan fingerprint density at radius 3 is 2.72 bits per heavy atom. The van der Waals surface area contributed by atoms with Gasteiger partial charge in [0.2, 0.25) is 5.91 Å². The summed E-state index contributed by atoms with van der Waals surface area (Å²) in [5.74, 6) is -0.520. The van der Waals surface area contributed by atoms with Gasteiger partial charge in [0.05, 0.1) is 18.0 Å². The van der Waals surface area contributed by atoms with Crippen LogP contribution in [-0.2, 0) is 9.59 Å². The van der Waals surface area contributed by atoms with Crippen LogP contribution in [0.25, 0.3) is 0 Å². The molecule has 1 aromatic rings. The van der Waals surface area contributed by atoms with Crippen molar-refractivity contribution in [2.75, 3.05) is 17.7 Å². The first kappa shape index (κ1) is 14.4. The molecule has 2 N–H and O–H groups in total. The van der Waals surface area contributed by atoms with Crippen LogP contribution in [0, 0.1) is 0 Å². The molecule has 0 aliphatic heterocycles. The Balaban J connectivity index is 2.93. The van der Waals surface area contributed by atoms with E-state index in [0.29, 0.717) is 22.9 Å². The summed E-state index contributed by atoms with van der Waals surface area (Å²) in [6.45, 7) is 3.80. The summed E-state index contributed by atoms with van der Waals surface area (Å²) in [5, 5.41) is 11.3. The van der Waals surface area contributed by atoms with E-state index >= 15 is 0 Å². The van der Waals surface area contributed by atoms with Crippen molar-refractivity contribution in [1.29, 1.82) is 0 Å². The van der Waals surface area contributed by atoms with Crippen LogP contribution in [0.3, 0.4) is 0 Å². The van der Waals surface area contributed by atoms with Crippen molar-refractivity contribution in [2.45, 2.75) is 18.7 Å². The van der Waals surface area contributed by atoms with E-state index in [9.17, 15) is 9.59 Å². The normalized spacial score (nSPS) is 9.89. The number of carboxylic acid groups (broad SMARTS) is 1. The van der Waals surface area contributed by atoms with E-state index in [-0.39, 0.29) is 11.7 Å². The molecule has 0 aliphatic rings. The maximum atomic E-state index is 11.0. The van der Waals surface area contributed by atoms with Crippen LogP contribution >= 0.6 is 11.8 Å². The summed E-state index contributed by atoms with van der Waals surface area (Å²) in [7, 11) is 0. The molecule has 0 aromatic heterocycles. The fourth-order valence-corrected chi connectivity index (χ4v) is 2.06. The van der Waals surface area contributed by atoms with Gasteiger partial charge in [0.25, 0.3) is 0 Å². The van der Waals surface area contributed by atoms with Crippen LogP contribution in [0.15, 0.2) is 23.1 Å². The summed E-state index contributed by atoms with van der Waals surface area (Å²) in [4.78, 5) is 22.3. The zero-order valence-electron chi connectivity index (χ0n) is 10.2. The molecule has 0 fully saturated rings. The van der Waals surface area contributed by atoms with Crippen molar-refractivity contribution >= 4 is 29.3 Å². The first-order chi connectivity index (χ1) is 8.52. The number of benzene rings is 1. The van der Waals surface area contributed by atoms with Gasteiger partial charge in [-0.1, -0.05) is 0 Å². The molecular weight excluding hydrogens is 254 g/mol. The van der Waals surface area contributed by atoms with Gasteiger partial charge in [0.1, 0.15) is 5.75 Å². The molecule has 1 aromatic carbocycles. The molecule has 0 atom stereocenters. The highest BCUT2D eigenvalue weighted by atomic mass is 32.2. The summed E-state index contributed by atoms with van der Waals surface area (Å²) in [5.41, 5.74) is 0.595. The SMILES string of the molecule is CCOc1ccc(NC(C)=O)c(SCC(=O)O)c1. The topological polar surface area (TPSA) is 75.6 Å². The maximum Gasteiger partial charge on any atom is 0.313 e. The molecular formula is C12H15NO4S. The number of carbonyl (C=O) groups is 2. The van der Waals surface area contributed by atoms with E-state index in [1.165, 1.54) is 6.92 Å². The smallest absolute Gasteiger partial charge is 0.313 e. The molecule has 0 heterocycles. The average Bonchev–Trinajstić information content (AvgIpc) is 2.28. The van der Waals surface area contributed by atoms with Gasteiger partial charge in [-0.25, -0.2) is 0 Å². The first-order valence-corrected chi connectivity index (χ1v) is 6.40. The minimum Gasteiger partial charge on any atom is -0.494 e. The fourth-order valence-electron chi connectivity index (χ4n) is 1.31. The number of nitrogens with one attached hydrogen (secondary N) is 1. The standard InChI is InChI=1S/C12H15NO4S/c1-3-17-9-4-5-10(13-8(2)14)11(6-9)18-7-12(15)16/h4-6H,3,7H2,1-2H3,(H,13,14)(H,15,16). The quantitative estimate of drug-likeness (QED) is 0.774. The highest BCUT2D eigenvalue weighted by molar-refractivity contribution is 8.00. The number of thioether (sulfide) groups is 1. The molecule has 5 nitrogen and oxygen atoms in total. The fraction of sp³-hybridized carbons (Fsp3) is 0.333. The predicted octanol–water partition coefficient (Wildman–Crippen LogP) is 2.22. The Labute approximate surface area is 110 Å². The van der Waals surface area contributed by atoms with Gasteiger partial charge in [-0.2, -0.15) is 0 Å². The minimum atomic E-state index is -0.907. The van der Waals surface area contributed by atoms with Crippen molar-refractivity contribution in [1.82, 2.24) is 0 Å². The number of ether oxygens (including phenoxy) is 1. The predicted molar refractivity (Wildman–Crippen MR) is 70.3 cm³/mol. The lowest BCUT2D eigenvalue weighted by molar-refractivity contribution is -0.133. The van der Waals surface area contributed by atoms with E-state index in [1.807, 2.05) is 6.92 Å². The van der Waals surface area contributed by atoms with Gasteiger partial charge < -0.3 is 15.2 Å². The Morgan fingerprint density at radius 2 is 2.17 bits per heavy atom. The Hall–Kier alpha value is -1.69. The number of carboxylic acids is 1. The molecule has 18 heavy (non-hydrogen) atoms. The van der Waals surface area contributed by atoms with Crippen LogP contribution in [0.4, 0.5) is 5.69 Å². The molecule has 0 aliphatic carbocycles. The molecule has 0 saturated carbocycles. The Morgan fingerprint density at radius 1 is 1.44 bits per heavy atom. The summed E-state index contributed by atoms with van der Waals surface area (Å²) in [6.07, 6.45) is 0. The Kier molecular flexibility index (Phi) is 5.51. The number of rotatable bonds is 6. The third-order valence-corrected chi connectivity index (χ3v) is 2.97. The van der Waals surface area contributed by atoms with E-state index in [0.717, 1.165) is 11.8 Å². The van der Waals surface area contributed by atoms with Gasteiger partial charge in [0, 0.05) is 11.8 Å². The van der Waals surface area contributed by atoms with E-state index in [4.69, 9.17) is 9.84 Å². The molecule has 1 rings (SSSR count). The molecule has 1 amide bonds. The van der Waals surface area contributed by atoms with Crippen LogP contribution in [0.2, 0.25) is 0 Å². The van der Waals surface area contributed by atoms with Gasteiger partial charge in [0.15, 0.2) is 0 Å². The largest absolute Gasteiger partial charge is 0.494 e. The van der Waals surface area contributed by atoms with E-state index in [1.54, 1.807) is 18.2 Å². The van der Waals surface area contributed by atoms with Crippen molar-refractivity contribution in [2.24, 2.45) is 0 Å². The molecule has 0 unspecified atom stereocenters. The lowest BCUT2D eigenvalue weighted by Gasteiger charge is -2.11. The second-order valence-electron chi connectivity index (χ2n) is 3.45.